The number of halogens is 1. The van der Waals surface area contributed by atoms with Crippen LogP contribution < -0.4 is 0 Å². The molecular formula is C15H15FN2O2. The number of likely N-dealkylation sites (tertiary alicyclic amines) is 1. The van der Waals surface area contributed by atoms with Crippen molar-refractivity contribution in [2.75, 3.05) is 6.54 Å². The van der Waals surface area contributed by atoms with Gasteiger partial charge in [0.15, 0.2) is 0 Å². The maximum Gasteiger partial charge on any atom is 0.407 e. The number of aromatic amines is 1. The molecule has 2 N–H and O–H groups in total. The van der Waals surface area contributed by atoms with E-state index in [1.165, 1.54) is 17.0 Å². The van der Waals surface area contributed by atoms with E-state index in [9.17, 15) is 14.3 Å². The number of fused-ring (bicyclic) bond motifs is 1. The number of hydrogen-bond acceptors (Lipinski definition) is 1. The standard InChI is InChI=1S/C15H15FN2O2/c1-9-4-12(18(8-9)15(19)20)5-10-7-17-14-6-11(16)2-3-13(10)14/h2-3,6-7,12,17H,1,4-5,8H2,(H,19,20). The van der Waals surface area contributed by atoms with E-state index in [4.69, 9.17) is 0 Å². The molecule has 0 saturated carbocycles. The van der Waals surface area contributed by atoms with Gasteiger partial charge in [-0.15, -0.1) is 0 Å². The first-order chi connectivity index (χ1) is 9.54. The minimum atomic E-state index is -0.917. The molecule has 0 spiro atoms. The van der Waals surface area contributed by atoms with Gasteiger partial charge < -0.3 is 15.0 Å². The van der Waals surface area contributed by atoms with Crippen LogP contribution in [0.3, 0.4) is 0 Å². The maximum atomic E-state index is 13.2. The van der Waals surface area contributed by atoms with Gasteiger partial charge in [-0.2, -0.15) is 0 Å². The van der Waals surface area contributed by atoms with E-state index in [0.29, 0.717) is 19.4 Å². The van der Waals surface area contributed by atoms with E-state index >= 15 is 0 Å². The molecule has 2 aromatic rings. The normalized spacial score (nSPS) is 18.9. The smallest absolute Gasteiger partial charge is 0.407 e. The summed E-state index contributed by atoms with van der Waals surface area (Å²) >= 11 is 0. The zero-order chi connectivity index (χ0) is 14.3. The van der Waals surface area contributed by atoms with E-state index in [2.05, 4.69) is 11.6 Å². The number of rotatable bonds is 2. The van der Waals surface area contributed by atoms with Crippen molar-refractivity contribution >= 4 is 17.0 Å². The van der Waals surface area contributed by atoms with Crippen LogP contribution in [-0.4, -0.2) is 33.7 Å². The summed E-state index contributed by atoms with van der Waals surface area (Å²) in [5.74, 6) is -0.285. The Morgan fingerprint density at radius 2 is 2.35 bits per heavy atom. The van der Waals surface area contributed by atoms with Crippen LogP contribution in [0.15, 0.2) is 36.5 Å². The number of amides is 1. The van der Waals surface area contributed by atoms with Crippen LogP contribution in [0.1, 0.15) is 12.0 Å². The van der Waals surface area contributed by atoms with Crippen LogP contribution in [0.4, 0.5) is 9.18 Å². The van der Waals surface area contributed by atoms with Crippen LogP contribution in [0.2, 0.25) is 0 Å². The number of aromatic nitrogens is 1. The highest BCUT2D eigenvalue weighted by Gasteiger charge is 2.31. The second kappa shape index (κ2) is 4.67. The molecule has 0 radical (unpaired) electrons. The van der Waals surface area contributed by atoms with Crippen LogP contribution in [0.25, 0.3) is 10.9 Å². The molecule has 3 rings (SSSR count). The number of H-pyrrole nitrogens is 1. The van der Waals surface area contributed by atoms with E-state index < -0.39 is 6.09 Å². The molecular weight excluding hydrogens is 259 g/mol. The number of nitrogens with zero attached hydrogens (tertiary/aromatic N) is 1. The molecule has 0 bridgehead atoms. The highest BCUT2D eigenvalue weighted by Crippen LogP contribution is 2.27. The zero-order valence-electron chi connectivity index (χ0n) is 10.9. The molecule has 0 aliphatic carbocycles. The number of hydrogen-bond donors (Lipinski definition) is 2. The Balaban J connectivity index is 1.89. The maximum absolute atomic E-state index is 13.2. The van der Waals surface area contributed by atoms with E-state index in [1.807, 2.05) is 6.20 Å². The lowest BCUT2D eigenvalue weighted by atomic mass is 10.0. The molecule has 1 saturated heterocycles. The average Bonchev–Trinajstić information content (AvgIpc) is 2.94. The summed E-state index contributed by atoms with van der Waals surface area (Å²) in [5.41, 5.74) is 2.67. The van der Waals surface area contributed by atoms with Crippen molar-refractivity contribution in [3.63, 3.8) is 0 Å². The highest BCUT2D eigenvalue weighted by molar-refractivity contribution is 5.83. The van der Waals surface area contributed by atoms with Crippen LogP contribution in [0.5, 0.6) is 0 Å². The predicted molar refractivity (Wildman–Crippen MR) is 74.2 cm³/mol. The summed E-state index contributed by atoms with van der Waals surface area (Å²) in [6.45, 7) is 4.28. The number of benzene rings is 1. The fraction of sp³-hybridized carbons (Fsp3) is 0.267. The van der Waals surface area contributed by atoms with Gasteiger partial charge in [0.2, 0.25) is 0 Å². The Morgan fingerprint density at radius 3 is 3.10 bits per heavy atom. The SMILES string of the molecule is C=C1CC(Cc2c[nH]c3cc(F)ccc23)N(C(=O)O)C1. The molecule has 2 heterocycles. The lowest BCUT2D eigenvalue weighted by Crippen LogP contribution is -2.35. The Morgan fingerprint density at radius 1 is 1.55 bits per heavy atom. The zero-order valence-corrected chi connectivity index (χ0v) is 10.9. The van der Waals surface area contributed by atoms with Gasteiger partial charge in [-0.3, -0.25) is 0 Å². The van der Waals surface area contributed by atoms with Gasteiger partial charge in [-0.25, -0.2) is 9.18 Å². The number of nitrogens with one attached hydrogen (secondary N) is 1. The van der Waals surface area contributed by atoms with E-state index in [-0.39, 0.29) is 11.9 Å². The van der Waals surface area contributed by atoms with Crippen molar-refractivity contribution in [3.8, 4) is 0 Å². The summed E-state index contributed by atoms with van der Waals surface area (Å²) in [7, 11) is 0. The van der Waals surface area contributed by atoms with Crippen molar-refractivity contribution in [1.29, 1.82) is 0 Å². The molecule has 1 atom stereocenters. The van der Waals surface area contributed by atoms with E-state index in [0.717, 1.165) is 22.0 Å². The first-order valence-corrected chi connectivity index (χ1v) is 6.46. The first-order valence-electron chi connectivity index (χ1n) is 6.46. The summed E-state index contributed by atoms with van der Waals surface area (Å²) in [6, 6.07) is 4.50. The van der Waals surface area contributed by atoms with Gasteiger partial charge in [-0.1, -0.05) is 12.2 Å². The quantitative estimate of drug-likeness (QED) is 0.826. The predicted octanol–water partition coefficient (Wildman–Crippen LogP) is 3.16. The molecule has 1 aromatic heterocycles. The molecule has 1 unspecified atom stereocenters. The van der Waals surface area contributed by atoms with E-state index in [1.54, 1.807) is 6.07 Å². The monoisotopic (exact) mass is 274 g/mol. The van der Waals surface area contributed by atoms with Gasteiger partial charge in [0.25, 0.3) is 0 Å². The van der Waals surface area contributed by atoms with Crippen molar-refractivity contribution < 1.29 is 14.3 Å². The minimum absolute atomic E-state index is 0.0935. The largest absolute Gasteiger partial charge is 0.465 e. The first kappa shape index (κ1) is 12.7. The van der Waals surface area contributed by atoms with Gasteiger partial charge in [0.1, 0.15) is 5.82 Å². The lowest BCUT2D eigenvalue weighted by molar-refractivity contribution is 0.141. The van der Waals surface area contributed by atoms with Crippen molar-refractivity contribution in [2.24, 2.45) is 0 Å². The summed E-state index contributed by atoms with van der Waals surface area (Å²) in [4.78, 5) is 15.7. The Hall–Kier alpha value is -2.30. The van der Waals surface area contributed by atoms with Crippen molar-refractivity contribution in [3.05, 3.63) is 47.9 Å². The third-order valence-electron chi connectivity index (χ3n) is 3.79. The Labute approximate surface area is 115 Å². The van der Waals surface area contributed by atoms with Crippen LogP contribution in [0, 0.1) is 5.82 Å². The number of carbonyl (C=O) groups is 1. The summed E-state index contributed by atoms with van der Waals surface area (Å²) in [5, 5.41) is 10.1. The molecule has 1 fully saturated rings. The molecule has 5 heteroatoms. The Kier molecular flexibility index (Phi) is 2.97. The van der Waals surface area contributed by atoms with Gasteiger partial charge in [-0.05, 0) is 36.6 Å². The molecule has 1 amide bonds. The fourth-order valence-electron chi connectivity index (χ4n) is 2.87. The van der Waals surface area contributed by atoms with Crippen molar-refractivity contribution in [1.82, 2.24) is 9.88 Å². The second-order valence-corrected chi connectivity index (χ2v) is 5.23. The third-order valence-corrected chi connectivity index (χ3v) is 3.79. The highest BCUT2D eigenvalue weighted by atomic mass is 19.1. The van der Waals surface area contributed by atoms with Gasteiger partial charge in [0.05, 0.1) is 0 Å². The third kappa shape index (κ3) is 2.15. The molecule has 1 aliphatic heterocycles. The van der Waals surface area contributed by atoms with Crippen LogP contribution in [-0.2, 0) is 6.42 Å². The lowest BCUT2D eigenvalue weighted by Gasteiger charge is -2.20. The van der Waals surface area contributed by atoms with Crippen molar-refractivity contribution in [2.45, 2.75) is 18.9 Å². The minimum Gasteiger partial charge on any atom is -0.465 e. The van der Waals surface area contributed by atoms with Gasteiger partial charge >= 0.3 is 6.09 Å². The summed E-state index contributed by atoms with van der Waals surface area (Å²) in [6.07, 6.45) is 2.20. The summed E-state index contributed by atoms with van der Waals surface area (Å²) < 4.78 is 13.2. The molecule has 1 aliphatic rings. The molecule has 104 valence electrons. The average molecular weight is 274 g/mol. The fourth-order valence-corrected chi connectivity index (χ4v) is 2.87. The Bertz CT molecular complexity index is 692. The van der Waals surface area contributed by atoms with Crippen LogP contribution >= 0.6 is 0 Å². The molecule has 4 nitrogen and oxygen atoms in total. The number of carboxylic acid groups (broad SMARTS) is 1. The second-order valence-electron chi connectivity index (χ2n) is 5.23. The molecule has 1 aromatic carbocycles. The topological polar surface area (TPSA) is 56.3 Å². The van der Waals surface area contributed by atoms with Gasteiger partial charge in [0, 0.05) is 29.7 Å². The molecule has 20 heavy (non-hydrogen) atoms.